The molecule has 0 aliphatic carbocycles. The third-order valence-corrected chi connectivity index (χ3v) is 8.40. The third-order valence-electron chi connectivity index (χ3n) is 5.49. The number of halogens is 1. The van der Waals surface area contributed by atoms with Gasteiger partial charge < -0.3 is 5.32 Å². The minimum Gasteiger partial charge on any atom is -0.339 e. The molecule has 0 unspecified atom stereocenters. The van der Waals surface area contributed by atoms with Crippen molar-refractivity contribution in [2.45, 2.75) is 9.79 Å². The first-order valence-corrected chi connectivity index (χ1v) is 14.8. The van der Waals surface area contributed by atoms with Gasteiger partial charge in [0.2, 0.25) is 0 Å². The number of para-hydroxylation sites is 2. The van der Waals surface area contributed by atoms with Gasteiger partial charge in [0.1, 0.15) is 0 Å². The van der Waals surface area contributed by atoms with Gasteiger partial charge in [0.15, 0.2) is 11.7 Å². The Kier molecular flexibility index (Phi) is 7.29. The molecule has 4 aromatic carbocycles. The van der Waals surface area contributed by atoms with E-state index in [4.69, 9.17) is 11.6 Å². The molecule has 5 aromatic rings. The predicted octanol–water partition coefficient (Wildman–Crippen LogP) is 5.33. The van der Waals surface area contributed by atoms with Crippen LogP contribution in [0.15, 0.2) is 124 Å². The van der Waals surface area contributed by atoms with Gasteiger partial charge in [-0.2, -0.15) is 8.42 Å². The number of sulfonamides is 2. The standard InChI is InChI=1S/C27H20ClN5O4S2/c28-20-10-14-22(15-11-20)39(36,37)33-27(19-6-2-1-3-7-19)30-21-12-16-23(17-13-21)38(34,35)32-26-18-29-24-8-4-5-9-25(24)31-26/h1-18H,(H,30,33)(H,31,32). The van der Waals surface area contributed by atoms with Gasteiger partial charge in [-0.05, 0) is 60.7 Å². The van der Waals surface area contributed by atoms with Crippen LogP contribution in [0.4, 0.5) is 11.5 Å². The highest BCUT2D eigenvalue weighted by Crippen LogP contribution is 2.21. The fourth-order valence-corrected chi connectivity index (χ4v) is 5.67. The van der Waals surface area contributed by atoms with Crippen LogP contribution in [0.3, 0.4) is 0 Å². The zero-order chi connectivity index (χ0) is 27.5. The number of fused-ring (bicyclic) bond motifs is 1. The summed E-state index contributed by atoms with van der Waals surface area (Å²) in [6.07, 6.45) is 1.35. The van der Waals surface area contributed by atoms with E-state index in [-0.39, 0.29) is 21.4 Å². The number of hydrogen-bond acceptors (Lipinski definition) is 6. The largest absolute Gasteiger partial charge is 0.339 e. The molecule has 0 aliphatic rings. The molecule has 2 N–H and O–H groups in total. The Labute approximate surface area is 230 Å². The van der Waals surface area contributed by atoms with Gasteiger partial charge in [-0.15, -0.1) is 4.40 Å². The maximum absolute atomic E-state index is 13.0. The van der Waals surface area contributed by atoms with E-state index in [9.17, 15) is 16.8 Å². The number of aromatic nitrogens is 2. The van der Waals surface area contributed by atoms with Crippen molar-refractivity contribution in [3.05, 3.63) is 120 Å². The van der Waals surface area contributed by atoms with Crippen LogP contribution in [0.25, 0.3) is 11.0 Å². The van der Waals surface area contributed by atoms with Gasteiger partial charge in [-0.1, -0.05) is 54.1 Å². The molecule has 0 spiro atoms. The van der Waals surface area contributed by atoms with E-state index in [1.807, 2.05) is 6.07 Å². The monoisotopic (exact) mass is 577 g/mol. The molecule has 39 heavy (non-hydrogen) atoms. The molecular formula is C27H20ClN5O4S2. The average Bonchev–Trinajstić information content (AvgIpc) is 2.93. The quantitative estimate of drug-likeness (QED) is 0.197. The van der Waals surface area contributed by atoms with Crippen molar-refractivity contribution in [1.29, 1.82) is 0 Å². The van der Waals surface area contributed by atoms with Gasteiger partial charge >= 0.3 is 0 Å². The zero-order valence-corrected chi connectivity index (χ0v) is 22.5. The summed E-state index contributed by atoms with van der Waals surface area (Å²) in [6.45, 7) is 0. The molecule has 0 saturated heterocycles. The first-order valence-electron chi connectivity index (χ1n) is 11.5. The van der Waals surface area contributed by atoms with E-state index < -0.39 is 20.0 Å². The molecular weight excluding hydrogens is 558 g/mol. The van der Waals surface area contributed by atoms with Crippen LogP contribution in [0.2, 0.25) is 5.02 Å². The molecule has 0 bridgehead atoms. The maximum atomic E-state index is 13.0. The number of anilines is 2. The highest BCUT2D eigenvalue weighted by atomic mass is 35.5. The number of benzene rings is 4. The molecule has 0 amide bonds. The number of amidine groups is 1. The smallest absolute Gasteiger partial charge is 0.284 e. The molecule has 1 aromatic heterocycles. The summed E-state index contributed by atoms with van der Waals surface area (Å²) in [5.74, 6) is 0.146. The van der Waals surface area contributed by atoms with E-state index in [1.165, 1.54) is 54.7 Å². The Morgan fingerprint density at radius 3 is 2.03 bits per heavy atom. The van der Waals surface area contributed by atoms with Crippen molar-refractivity contribution in [2.24, 2.45) is 4.40 Å². The maximum Gasteiger partial charge on any atom is 0.284 e. The molecule has 0 aliphatic heterocycles. The van der Waals surface area contributed by atoms with E-state index >= 15 is 0 Å². The highest BCUT2D eigenvalue weighted by molar-refractivity contribution is 7.92. The molecule has 0 saturated carbocycles. The molecule has 9 nitrogen and oxygen atoms in total. The van der Waals surface area contributed by atoms with Gasteiger partial charge in [0, 0.05) is 16.3 Å². The first-order chi connectivity index (χ1) is 18.7. The van der Waals surface area contributed by atoms with Crippen LogP contribution in [0.5, 0.6) is 0 Å². The summed E-state index contributed by atoms with van der Waals surface area (Å²) < 4.78 is 58.3. The fourth-order valence-electron chi connectivity index (χ4n) is 3.58. The van der Waals surface area contributed by atoms with Crippen molar-refractivity contribution in [3.63, 3.8) is 0 Å². The van der Waals surface area contributed by atoms with E-state index in [2.05, 4.69) is 24.4 Å². The molecule has 0 radical (unpaired) electrons. The minimum atomic E-state index is -4.08. The van der Waals surface area contributed by atoms with Crippen molar-refractivity contribution >= 4 is 60.0 Å². The normalized spacial score (nSPS) is 12.3. The summed E-state index contributed by atoms with van der Waals surface area (Å²) >= 11 is 5.89. The summed E-state index contributed by atoms with van der Waals surface area (Å²) in [5.41, 5.74) is 2.14. The summed E-state index contributed by atoms with van der Waals surface area (Å²) in [6, 6.07) is 27.3. The lowest BCUT2D eigenvalue weighted by atomic mass is 10.2. The Morgan fingerprint density at radius 1 is 0.718 bits per heavy atom. The highest BCUT2D eigenvalue weighted by Gasteiger charge is 2.18. The predicted molar refractivity (Wildman–Crippen MR) is 152 cm³/mol. The lowest BCUT2D eigenvalue weighted by molar-refractivity contribution is 0.597. The van der Waals surface area contributed by atoms with Gasteiger partial charge in [0.05, 0.1) is 27.0 Å². The third kappa shape index (κ3) is 6.23. The Balaban J connectivity index is 1.41. The van der Waals surface area contributed by atoms with E-state index in [1.54, 1.807) is 48.5 Å². The van der Waals surface area contributed by atoms with Gasteiger partial charge in [-0.25, -0.2) is 13.4 Å². The number of rotatable bonds is 7. The van der Waals surface area contributed by atoms with Gasteiger partial charge in [0.25, 0.3) is 20.0 Å². The Morgan fingerprint density at radius 2 is 1.33 bits per heavy atom. The average molecular weight is 578 g/mol. The summed E-state index contributed by atoms with van der Waals surface area (Å²) in [5, 5.41) is 3.39. The lowest BCUT2D eigenvalue weighted by Crippen LogP contribution is -2.17. The van der Waals surface area contributed by atoms with Crippen molar-refractivity contribution in [2.75, 3.05) is 10.0 Å². The van der Waals surface area contributed by atoms with E-state index in [0.717, 1.165) is 0 Å². The van der Waals surface area contributed by atoms with Crippen LogP contribution in [0.1, 0.15) is 5.56 Å². The fraction of sp³-hybridized carbons (Fsp3) is 0. The second kappa shape index (κ2) is 10.8. The van der Waals surface area contributed by atoms with Gasteiger partial charge in [-0.3, -0.25) is 9.71 Å². The number of nitrogens with zero attached hydrogens (tertiary/aromatic N) is 3. The van der Waals surface area contributed by atoms with Crippen molar-refractivity contribution < 1.29 is 16.8 Å². The Hall–Kier alpha value is -4.32. The summed E-state index contributed by atoms with van der Waals surface area (Å²) in [4.78, 5) is 8.48. The molecule has 196 valence electrons. The molecule has 0 fully saturated rings. The SMILES string of the molecule is O=S(=O)(N=C(Nc1ccc(S(=O)(=O)Nc2cnc3ccccc3n2)cc1)c1ccccc1)c1ccc(Cl)cc1. The zero-order valence-electron chi connectivity index (χ0n) is 20.1. The minimum absolute atomic E-state index is 0.0185. The molecule has 5 rings (SSSR count). The first kappa shape index (κ1) is 26.3. The Bertz CT molecular complexity index is 1880. The molecule has 12 heteroatoms. The van der Waals surface area contributed by atoms with Crippen LogP contribution in [-0.2, 0) is 20.0 Å². The number of hydrogen-bond donors (Lipinski definition) is 2. The van der Waals surface area contributed by atoms with Crippen LogP contribution < -0.4 is 10.0 Å². The van der Waals surface area contributed by atoms with Crippen molar-refractivity contribution in [3.8, 4) is 0 Å². The molecule has 0 atom stereocenters. The second-order valence-corrected chi connectivity index (χ2v) is 12.0. The van der Waals surface area contributed by atoms with Crippen LogP contribution >= 0.6 is 11.6 Å². The summed E-state index contributed by atoms with van der Waals surface area (Å²) in [7, 11) is -8.04. The second-order valence-electron chi connectivity index (χ2n) is 8.23. The topological polar surface area (TPSA) is 130 Å². The van der Waals surface area contributed by atoms with Crippen LogP contribution in [-0.4, -0.2) is 32.6 Å². The number of nitrogens with one attached hydrogen (secondary N) is 2. The lowest BCUT2D eigenvalue weighted by Gasteiger charge is -2.12. The van der Waals surface area contributed by atoms with E-state index in [0.29, 0.717) is 27.3 Å². The van der Waals surface area contributed by atoms with Crippen LogP contribution in [0, 0.1) is 0 Å². The molecule has 1 heterocycles. The van der Waals surface area contributed by atoms with Crippen molar-refractivity contribution in [1.82, 2.24) is 9.97 Å².